The molecule has 2 aromatic rings. The van der Waals surface area contributed by atoms with Crippen molar-refractivity contribution in [1.29, 1.82) is 0 Å². The maximum Gasteiger partial charge on any atom is 0.321 e. The van der Waals surface area contributed by atoms with Gasteiger partial charge in [-0.15, -0.1) is 11.8 Å². The van der Waals surface area contributed by atoms with Crippen molar-refractivity contribution < 1.29 is 9.32 Å². The molecule has 0 fully saturated rings. The smallest absolute Gasteiger partial charge is 0.321 e. The van der Waals surface area contributed by atoms with Gasteiger partial charge in [-0.05, 0) is 24.3 Å². The summed E-state index contributed by atoms with van der Waals surface area (Å²) in [4.78, 5) is 18.9. The van der Waals surface area contributed by atoms with Crippen LogP contribution in [0.4, 0.5) is 10.5 Å². The molecule has 0 bridgehead atoms. The molecular formula is C16H22N4O2S. The number of benzene rings is 1. The van der Waals surface area contributed by atoms with Gasteiger partial charge in [0.2, 0.25) is 5.89 Å². The van der Waals surface area contributed by atoms with Crippen molar-refractivity contribution >= 4 is 23.5 Å². The Balaban J connectivity index is 1.91. The van der Waals surface area contributed by atoms with Crippen molar-refractivity contribution in [3.8, 4) is 0 Å². The molecule has 1 aromatic carbocycles. The van der Waals surface area contributed by atoms with Crippen LogP contribution in [0.2, 0.25) is 0 Å². The van der Waals surface area contributed by atoms with E-state index in [0.717, 1.165) is 5.69 Å². The monoisotopic (exact) mass is 334 g/mol. The van der Waals surface area contributed by atoms with E-state index in [-0.39, 0.29) is 10.8 Å². The van der Waals surface area contributed by atoms with Crippen LogP contribution in [0.25, 0.3) is 0 Å². The van der Waals surface area contributed by atoms with E-state index in [1.807, 2.05) is 24.3 Å². The lowest BCUT2D eigenvalue weighted by atomic mass is 10.3. The molecule has 2 rings (SSSR count). The van der Waals surface area contributed by atoms with Crippen LogP contribution in [0.1, 0.15) is 32.5 Å². The summed E-state index contributed by atoms with van der Waals surface area (Å²) in [6.07, 6.45) is 0. The van der Waals surface area contributed by atoms with Gasteiger partial charge in [0.25, 0.3) is 0 Å². The van der Waals surface area contributed by atoms with E-state index >= 15 is 0 Å². The van der Waals surface area contributed by atoms with Crippen LogP contribution in [-0.2, 0) is 6.54 Å². The Kier molecular flexibility index (Phi) is 5.30. The third kappa shape index (κ3) is 5.59. The van der Waals surface area contributed by atoms with E-state index in [2.05, 4.69) is 36.2 Å². The zero-order chi connectivity index (χ0) is 17.0. The largest absolute Gasteiger partial charge is 0.340 e. The second-order valence-corrected chi connectivity index (χ2v) is 8.15. The highest BCUT2D eigenvalue weighted by Crippen LogP contribution is 2.32. The van der Waals surface area contributed by atoms with Gasteiger partial charge in [0.05, 0.1) is 6.54 Å². The lowest BCUT2D eigenvalue weighted by Crippen LogP contribution is -2.31. The average Bonchev–Trinajstić information content (AvgIpc) is 2.84. The van der Waals surface area contributed by atoms with Gasteiger partial charge >= 0.3 is 6.03 Å². The van der Waals surface area contributed by atoms with Crippen molar-refractivity contribution in [2.24, 2.45) is 0 Å². The number of aromatic nitrogens is 2. The molecule has 0 saturated heterocycles. The molecule has 2 amide bonds. The van der Waals surface area contributed by atoms with E-state index in [0.29, 0.717) is 18.3 Å². The summed E-state index contributed by atoms with van der Waals surface area (Å²) in [6.45, 7) is 8.51. The maximum atomic E-state index is 12.2. The lowest BCUT2D eigenvalue weighted by Gasteiger charge is -2.18. The molecule has 0 saturated carbocycles. The molecule has 23 heavy (non-hydrogen) atoms. The number of hydrogen-bond acceptors (Lipinski definition) is 5. The van der Waals surface area contributed by atoms with Crippen LogP contribution in [0.5, 0.6) is 0 Å². The summed E-state index contributed by atoms with van der Waals surface area (Å²) in [5.74, 6) is 0.970. The van der Waals surface area contributed by atoms with E-state index in [1.165, 1.54) is 9.80 Å². The number of urea groups is 1. The Hall–Kier alpha value is -2.02. The summed E-state index contributed by atoms with van der Waals surface area (Å²) in [7, 11) is 1.69. The van der Waals surface area contributed by atoms with E-state index in [9.17, 15) is 4.79 Å². The van der Waals surface area contributed by atoms with Crippen LogP contribution < -0.4 is 5.32 Å². The van der Waals surface area contributed by atoms with Gasteiger partial charge < -0.3 is 14.7 Å². The summed E-state index contributed by atoms with van der Waals surface area (Å²) in [5.41, 5.74) is 0.754. The van der Waals surface area contributed by atoms with E-state index in [1.54, 1.807) is 25.7 Å². The summed E-state index contributed by atoms with van der Waals surface area (Å²) >= 11 is 1.79. The second kappa shape index (κ2) is 7.04. The predicted octanol–water partition coefficient (Wildman–Crippen LogP) is 3.93. The van der Waals surface area contributed by atoms with Crippen LogP contribution in [0.3, 0.4) is 0 Å². The van der Waals surface area contributed by atoms with E-state index in [4.69, 9.17) is 4.52 Å². The minimum absolute atomic E-state index is 0.160. The van der Waals surface area contributed by atoms with Crippen molar-refractivity contribution in [3.63, 3.8) is 0 Å². The van der Waals surface area contributed by atoms with Crippen LogP contribution in [0.15, 0.2) is 33.7 Å². The molecule has 0 aliphatic carbocycles. The fourth-order valence-electron chi connectivity index (χ4n) is 1.87. The fraction of sp³-hybridized carbons (Fsp3) is 0.438. The first-order valence-corrected chi connectivity index (χ1v) is 8.15. The van der Waals surface area contributed by atoms with Crippen molar-refractivity contribution in [2.75, 3.05) is 12.4 Å². The summed E-state index contributed by atoms with van der Waals surface area (Å²) < 4.78 is 5.05. The molecule has 6 nitrogen and oxygen atoms in total. The summed E-state index contributed by atoms with van der Waals surface area (Å²) in [5, 5.41) is 6.63. The van der Waals surface area contributed by atoms with Crippen LogP contribution in [0, 0.1) is 6.92 Å². The Morgan fingerprint density at radius 2 is 1.96 bits per heavy atom. The van der Waals surface area contributed by atoms with Gasteiger partial charge in [-0.3, -0.25) is 0 Å². The molecule has 0 unspecified atom stereocenters. The number of amides is 2. The number of thioether (sulfide) groups is 1. The van der Waals surface area contributed by atoms with Crippen molar-refractivity contribution in [2.45, 2.75) is 43.9 Å². The number of nitrogens with zero attached hydrogens (tertiary/aromatic N) is 3. The minimum atomic E-state index is -0.219. The standard InChI is InChI=1S/C16H22N4O2S/c1-11-17-14(19-22-11)10-20(5)15(21)18-12-6-8-13(9-7-12)23-16(2,3)4/h6-9H,10H2,1-5H3,(H,18,21). The molecule has 1 heterocycles. The Labute approximate surface area is 140 Å². The molecule has 1 aromatic heterocycles. The number of hydrogen-bond donors (Lipinski definition) is 1. The second-order valence-electron chi connectivity index (χ2n) is 6.25. The first kappa shape index (κ1) is 17.3. The van der Waals surface area contributed by atoms with Gasteiger partial charge in [-0.2, -0.15) is 4.98 Å². The highest BCUT2D eigenvalue weighted by Gasteiger charge is 2.14. The van der Waals surface area contributed by atoms with Gasteiger partial charge in [0, 0.05) is 29.3 Å². The van der Waals surface area contributed by atoms with Crippen molar-refractivity contribution in [3.05, 3.63) is 36.0 Å². The number of anilines is 1. The van der Waals surface area contributed by atoms with Crippen LogP contribution >= 0.6 is 11.8 Å². The molecule has 0 aliphatic heterocycles. The molecule has 7 heteroatoms. The average molecular weight is 334 g/mol. The lowest BCUT2D eigenvalue weighted by molar-refractivity contribution is 0.219. The molecule has 1 N–H and O–H groups in total. The van der Waals surface area contributed by atoms with Gasteiger partial charge in [-0.25, -0.2) is 4.79 Å². The number of carbonyl (C=O) groups excluding carboxylic acids is 1. The van der Waals surface area contributed by atoms with Crippen molar-refractivity contribution in [1.82, 2.24) is 15.0 Å². The molecular weight excluding hydrogens is 312 g/mol. The van der Waals surface area contributed by atoms with E-state index < -0.39 is 0 Å². The normalized spacial score (nSPS) is 11.3. The van der Waals surface area contributed by atoms with Gasteiger partial charge in [0.1, 0.15) is 0 Å². The summed E-state index contributed by atoms with van der Waals surface area (Å²) in [6, 6.07) is 7.60. The van der Waals surface area contributed by atoms with Crippen LogP contribution in [-0.4, -0.2) is 32.9 Å². The van der Waals surface area contributed by atoms with Gasteiger partial charge in [-0.1, -0.05) is 25.9 Å². The zero-order valence-corrected chi connectivity index (χ0v) is 14.9. The predicted molar refractivity (Wildman–Crippen MR) is 91.6 cm³/mol. The minimum Gasteiger partial charge on any atom is -0.340 e. The molecule has 0 atom stereocenters. The quantitative estimate of drug-likeness (QED) is 0.858. The highest BCUT2D eigenvalue weighted by molar-refractivity contribution is 8.00. The third-order valence-electron chi connectivity index (χ3n) is 2.82. The zero-order valence-electron chi connectivity index (χ0n) is 14.1. The molecule has 0 radical (unpaired) electrons. The third-order valence-corrected chi connectivity index (χ3v) is 3.94. The number of rotatable bonds is 4. The van der Waals surface area contributed by atoms with Gasteiger partial charge in [0.15, 0.2) is 5.82 Å². The maximum absolute atomic E-state index is 12.2. The molecule has 0 spiro atoms. The first-order valence-electron chi connectivity index (χ1n) is 7.33. The first-order chi connectivity index (χ1) is 10.7. The highest BCUT2D eigenvalue weighted by atomic mass is 32.2. The number of carbonyl (C=O) groups is 1. The molecule has 0 aliphatic rings. The number of nitrogens with one attached hydrogen (secondary N) is 1. The topological polar surface area (TPSA) is 71.3 Å². The SMILES string of the molecule is Cc1nc(CN(C)C(=O)Nc2ccc(SC(C)(C)C)cc2)no1. The fourth-order valence-corrected chi connectivity index (χ4v) is 2.85. The number of aryl methyl sites for hydroxylation is 1. The Bertz CT molecular complexity index is 661. The Morgan fingerprint density at radius 3 is 2.48 bits per heavy atom. The molecule has 124 valence electrons. The Morgan fingerprint density at radius 1 is 1.30 bits per heavy atom.